The summed E-state index contributed by atoms with van der Waals surface area (Å²) in [6.45, 7) is 4.50. The first-order valence-electron chi connectivity index (χ1n) is 14.4. The van der Waals surface area contributed by atoms with E-state index in [-0.39, 0.29) is 19.1 Å². The van der Waals surface area contributed by atoms with Gasteiger partial charge in [-0.15, -0.1) is 0 Å². The minimum Gasteiger partial charge on any atom is -0.756 e. The van der Waals surface area contributed by atoms with Gasteiger partial charge in [0.05, 0.1) is 39.9 Å². The van der Waals surface area contributed by atoms with Crippen LogP contribution in [0.1, 0.15) is 117 Å². The summed E-state index contributed by atoms with van der Waals surface area (Å²) in [7, 11) is 1.30. The Hall–Kier alpha value is -0.500. The fourth-order valence-electron chi connectivity index (χ4n) is 3.92. The third-order valence-electron chi connectivity index (χ3n) is 6.35. The predicted molar refractivity (Wildman–Crippen MR) is 146 cm³/mol. The molecule has 1 amide bonds. The van der Waals surface area contributed by atoms with Crippen LogP contribution in [0.5, 0.6) is 0 Å². The number of phosphoric acid groups is 1. The number of amides is 1. The Kier molecular flexibility index (Phi) is 21.1. The largest absolute Gasteiger partial charge is 0.756 e. The lowest BCUT2D eigenvalue weighted by Gasteiger charge is -2.30. The number of unbranched alkanes of at least 4 members (excludes halogenated alkanes) is 12. The molecule has 2 N–H and O–H groups in total. The fraction of sp³-hybridized carbons (Fsp3) is 0.963. The highest BCUT2D eigenvalue weighted by Gasteiger charge is 2.24. The molecule has 0 aliphatic carbocycles. The van der Waals surface area contributed by atoms with E-state index in [2.05, 4.69) is 19.2 Å². The number of carbonyl (C=O) groups excluding carboxylic acids is 1. The van der Waals surface area contributed by atoms with Gasteiger partial charge in [0, 0.05) is 6.42 Å². The zero-order valence-electron chi connectivity index (χ0n) is 24.0. The smallest absolute Gasteiger partial charge is 0.268 e. The van der Waals surface area contributed by atoms with Crippen molar-refractivity contribution >= 4 is 13.7 Å². The molecular weight excluding hydrogens is 479 g/mol. The normalized spacial score (nSPS) is 15.4. The first kappa shape index (κ1) is 35.5. The number of likely N-dealkylation sites (N-methyl/N-ethyl adjacent to an activating group) is 1. The molecule has 3 unspecified atom stereocenters. The van der Waals surface area contributed by atoms with Crippen LogP contribution in [-0.2, 0) is 18.4 Å². The van der Waals surface area contributed by atoms with Crippen molar-refractivity contribution in [1.29, 1.82) is 0 Å². The minimum atomic E-state index is -4.52. The summed E-state index contributed by atoms with van der Waals surface area (Å²) in [6.07, 6.45) is 16.0. The van der Waals surface area contributed by atoms with Crippen LogP contribution in [0.3, 0.4) is 0 Å². The topological polar surface area (TPSA) is 108 Å². The number of aliphatic hydroxyl groups is 1. The second kappa shape index (κ2) is 21.4. The van der Waals surface area contributed by atoms with Crippen LogP contribution in [0.4, 0.5) is 0 Å². The molecule has 0 bridgehead atoms. The van der Waals surface area contributed by atoms with E-state index in [0.717, 1.165) is 38.5 Å². The molecule has 0 aliphatic rings. The average molecular weight is 537 g/mol. The average Bonchev–Trinajstić information content (AvgIpc) is 2.79. The van der Waals surface area contributed by atoms with Crippen LogP contribution in [-0.4, -0.2) is 68.5 Å². The van der Waals surface area contributed by atoms with E-state index in [0.29, 0.717) is 23.9 Å². The van der Waals surface area contributed by atoms with Crippen molar-refractivity contribution in [2.75, 3.05) is 40.9 Å². The van der Waals surface area contributed by atoms with Gasteiger partial charge < -0.3 is 28.8 Å². The van der Waals surface area contributed by atoms with Gasteiger partial charge in [0.2, 0.25) is 5.91 Å². The van der Waals surface area contributed by atoms with Crippen molar-refractivity contribution in [3.8, 4) is 0 Å². The molecular formula is C27H57N2O6P. The first-order valence-corrected chi connectivity index (χ1v) is 15.8. The second-order valence-electron chi connectivity index (χ2n) is 11.1. The van der Waals surface area contributed by atoms with Gasteiger partial charge in [-0.05, 0) is 12.8 Å². The van der Waals surface area contributed by atoms with Crippen molar-refractivity contribution in [1.82, 2.24) is 5.32 Å². The van der Waals surface area contributed by atoms with Crippen molar-refractivity contribution in [2.24, 2.45) is 0 Å². The van der Waals surface area contributed by atoms with Gasteiger partial charge in [-0.2, -0.15) is 0 Å². The van der Waals surface area contributed by atoms with Gasteiger partial charge >= 0.3 is 0 Å². The number of hydrogen-bond donors (Lipinski definition) is 2. The predicted octanol–water partition coefficient (Wildman–Crippen LogP) is 5.32. The van der Waals surface area contributed by atoms with E-state index in [1.165, 1.54) is 51.4 Å². The Morgan fingerprint density at radius 1 is 0.861 bits per heavy atom. The maximum atomic E-state index is 12.5. The molecule has 0 spiro atoms. The third kappa shape index (κ3) is 22.7. The monoisotopic (exact) mass is 536 g/mol. The summed E-state index contributed by atoms with van der Waals surface area (Å²) in [5.41, 5.74) is 0. The number of nitrogens with one attached hydrogen (secondary N) is 1. The molecule has 0 fully saturated rings. The Morgan fingerprint density at radius 2 is 1.36 bits per heavy atom. The van der Waals surface area contributed by atoms with Crippen LogP contribution in [0, 0.1) is 0 Å². The van der Waals surface area contributed by atoms with E-state index in [1.807, 2.05) is 21.1 Å². The summed E-state index contributed by atoms with van der Waals surface area (Å²) >= 11 is 0. The van der Waals surface area contributed by atoms with E-state index in [1.54, 1.807) is 0 Å². The van der Waals surface area contributed by atoms with Crippen LogP contribution in [0.25, 0.3) is 0 Å². The van der Waals surface area contributed by atoms with E-state index in [9.17, 15) is 19.4 Å². The van der Waals surface area contributed by atoms with Gasteiger partial charge in [0.25, 0.3) is 7.82 Å². The first-order chi connectivity index (χ1) is 17.0. The number of quaternary nitrogens is 1. The molecule has 216 valence electrons. The van der Waals surface area contributed by atoms with Crippen molar-refractivity contribution < 1.29 is 32.9 Å². The number of carbonyl (C=O) groups is 1. The molecule has 0 heterocycles. The lowest BCUT2D eigenvalue weighted by Crippen LogP contribution is -2.46. The summed E-state index contributed by atoms with van der Waals surface area (Å²) in [5, 5.41) is 13.4. The maximum Gasteiger partial charge on any atom is 0.268 e. The summed E-state index contributed by atoms with van der Waals surface area (Å²) < 4.78 is 22.7. The lowest BCUT2D eigenvalue weighted by molar-refractivity contribution is -0.870. The molecule has 0 aromatic heterocycles. The molecule has 0 saturated carbocycles. The fourth-order valence-corrected chi connectivity index (χ4v) is 4.64. The van der Waals surface area contributed by atoms with Crippen molar-refractivity contribution in [3.05, 3.63) is 0 Å². The number of aliphatic hydroxyl groups excluding tert-OH is 1. The Balaban J connectivity index is 4.37. The van der Waals surface area contributed by atoms with E-state index in [4.69, 9.17) is 9.05 Å². The summed E-state index contributed by atoms with van der Waals surface area (Å²) in [5.74, 6) is -0.180. The van der Waals surface area contributed by atoms with E-state index < -0.39 is 20.0 Å². The SMILES string of the molecule is CCCCCCCCCCCCCC(=O)NC(COP(=O)([O-])OCC[N+](C)(C)C)C(O)CCCCC. The van der Waals surface area contributed by atoms with Crippen LogP contribution in [0.2, 0.25) is 0 Å². The Morgan fingerprint density at radius 3 is 1.89 bits per heavy atom. The molecule has 0 rings (SSSR count). The minimum absolute atomic E-state index is 0.0131. The molecule has 0 aromatic rings. The number of nitrogens with zero attached hydrogens (tertiary/aromatic N) is 1. The molecule has 8 nitrogen and oxygen atoms in total. The Labute approximate surface area is 221 Å². The van der Waals surface area contributed by atoms with Gasteiger partial charge in [-0.25, -0.2) is 0 Å². The van der Waals surface area contributed by atoms with Crippen LogP contribution in [0.15, 0.2) is 0 Å². The standard InChI is InChI=1S/C27H57N2O6P/c1-6-8-10-11-12-13-14-15-16-17-19-21-27(31)28-25(26(30)20-18-9-7-2)24-35-36(32,33)34-23-22-29(3,4)5/h25-26,30H,6-24H2,1-5H3,(H-,28,31,32,33). The molecule has 0 aromatic carbocycles. The Bertz CT molecular complexity index is 585. The van der Waals surface area contributed by atoms with Gasteiger partial charge in [-0.1, -0.05) is 97.3 Å². The molecule has 0 aliphatic heterocycles. The third-order valence-corrected chi connectivity index (χ3v) is 7.31. The van der Waals surface area contributed by atoms with Crippen molar-refractivity contribution in [3.63, 3.8) is 0 Å². The van der Waals surface area contributed by atoms with Gasteiger partial charge in [0.1, 0.15) is 13.2 Å². The highest BCUT2D eigenvalue weighted by Crippen LogP contribution is 2.38. The molecule has 3 atom stereocenters. The molecule has 0 saturated heterocycles. The highest BCUT2D eigenvalue weighted by atomic mass is 31.2. The molecule has 9 heteroatoms. The zero-order chi connectivity index (χ0) is 27.3. The lowest BCUT2D eigenvalue weighted by atomic mass is 10.0. The molecule has 36 heavy (non-hydrogen) atoms. The maximum absolute atomic E-state index is 12.5. The van der Waals surface area contributed by atoms with Crippen molar-refractivity contribution in [2.45, 2.75) is 129 Å². The second-order valence-corrected chi connectivity index (χ2v) is 12.5. The van der Waals surface area contributed by atoms with Crippen LogP contribution < -0.4 is 10.2 Å². The number of phosphoric ester groups is 1. The van der Waals surface area contributed by atoms with E-state index >= 15 is 0 Å². The zero-order valence-corrected chi connectivity index (χ0v) is 24.9. The summed E-state index contributed by atoms with van der Waals surface area (Å²) in [6, 6.07) is -0.786. The van der Waals surface area contributed by atoms with Gasteiger partial charge in [0.15, 0.2) is 0 Å². The summed E-state index contributed by atoms with van der Waals surface area (Å²) in [4.78, 5) is 24.7. The highest BCUT2D eigenvalue weighted by molar-refractivity contribution is 7.45. The quantitative estimate of drug-likeness (QED) is 0.0929. The molecule has 0 radical (unpaired) electrons. The van der Waals surface area contributed by atoms with Gasteiger partial charge in [-0.3, -0.25) is 9.36 Å². The van der Waals surface area contributed by atoms with Crippen LogP contribution >= 0.6 is 7.82 Å². The number of rotatable bonds is 25. The number of hydrogen-bond acceptors (Lipinski definition) is 6.